The maximum Gasteiger partial charge on any atom is 0.228 e. The van der Waals surface area contributed by atoms with E-state index in [0.29, 0.717) is 6.54 Å². The van der Waals surface area contributed by atoms with Crippen LogP contribution in [-0.4, -0.2) is 24.0 Å². The fourth-order valence-electron chi connectivity index (χ4n) is 1.79. The first-order valence-corrected chi connectivity index (χ1v) is 5.38. The van der Waals surface area contributed by atoms with E-state index in [1.807, 2.05) is 0 Å². The van der Waals surface area contributed by atoms with Crippen LogP contribution in [0, 0.1) is 11.7 Å². The molecule has 1 aliphatic rings. The largest absolute Gasteiger partial charge is 0.323 e. The lowest BCUT2D eigenvalue weighted by atomic mass is 9.99. The lowest BCUT2D eigenvalue weighted by Crippen LogP contribution is -2.37. The van der Waals surface area contributed by atoms with Gasteiger partial charge < -0.3 is 10.6 Å². The van der Waals surface area contributed by atoms with E-state index in [1.165, 1.54) is 12.3 Å². The number of halogens is 1. The van der Waals surface area contributed by atoms with Crippen LogP contribution < -0.4 is 10.6 Å². The smallest absolute Gasteiger partial charge is 0.228 e. The normalized spacial score (nSPS) is 20.4. The van der Waals surface area contributed by atoms with Crippen molar-refractivity contribution < 1.29 is 9.18 Å². The van der Waals surface area contributed by atoms with Crippen LogP contribution in [0.2, 0.25) is 0 Å². The monoisotopic (exact) mass is 223 g/mol. The molecule has 4 nitrogen and oxygen atoms in total. The zero-order valence-electron chi connectivity index (χ0n) is 8.87. The summed E-state index contributed by atoms with van der Waals surface area (Å²) in [5, 5.41) is 5.74. The number of hydrogen-bond donors (Lipinski definition) is 2. The first kappa shape index (κ1) is 11.0. The van der Waals surface area contributed by atoms with E-state index in [1.54, 1.807) is 0 Å². The third-order valence-electron chi connectivity index (χ3n) is 2.70. The van der Waals surface area contributed by atoms with Crippen LogP contribution in [0.25, 0.3) is 0 Å². The molecule has 2 N–H and O–H groups in total. The quantitative estimate of drug-likeness (QED) is 0.791. The predicted molar refractivity (Wildman–Crippen MR) is 58.4 cm³/mol. The third kappa shape index (κ3) is 2.55. The summed E-state index contributed by atoms with van der Waals surface area (Å²) < 4.78 is 13.2. The van der Waals surface area contributed by atoms with E-state index in [-0.39, 0.29) is 17.5 Å². The molecule has 1 amide bonds. The molecule has 2 heterocycles. The second-order valence-corrected chi connectivity index (χ2v) is 3.89. The van der Waals surface area contributed by atoms with Crippen molar-refractivity contribution in [3.05, 3.63) is 24.3 Å². The fourth-order valence-corrected chi connectivity index (χ4v) is 1.79. The summed E-state index contributed by atoms with van der Waals surface area (Å²) in [6.07, 6.45) is 4.38. The topological polar surface area (TPSA) is 54.0 Å². The van der Waals surface area contributed by atoms with Gasteiger partial charge in [0.15, 0.2) is 5.82 Å². The van der Waals surface area contributed by atoms with Crippen molar-refractivity contribution in [3.8, 4) is 0 Å². The lowest BCUT2D eigenvalue weighted by molar-refractivity contribution is -0.120. The summed E-state index contributed by atoms with van der Waals surface area (Å²) in [5.74, 6) is -0.696. The van der Waals surface area contributed by atoms with Gasteiger partial charge in [-0.15, -0.1) is 0 Å². The van der Waals surface area contributed by atoms with E-state index in [4.69, 9.17) is 0 Å². The van der Waals surface area contributed by atoms with Gasteiger partial charge in [0.05, 0.1) is 17.8 Å². The minimum atomic E-state index is -0.500. The number of carbonyl (C=O) groups is 1. The molecule has 2 rings (SSSR count). The van der Waals surface area contributed by atoms with Crippen molar-refractivity contribution in [1.29, 1.82) is 0 Å². The molecule has 1 unspecified atom stereocenters. The third-order valence-corrected chi connectivity index (χ3v) is 2.70. The molecule has 0 spiro atoms. The zero-order chi connectivity index (χ0) is 11.4. The highest BCUT2D eigenvalue weighted by atomic mass is 19.1. The van der Waals surface area contributed by atoms with Gasteiger partial charge in [0, 0.05) is 12.7 Å². The Morgan fingerprint density at radius 1 is 1.62 bits per heavy atom. The second kappa shape index (κ2) is 5.03. The molecule has 0 aliphatic carbocycles. The molecule has 0 bridgehead atoms. The molecule has 0 radical (unpaired) electrons. The summed E-state index contributed by atoms with van der Waals surface area (Å²) in [6.45, 7) is 1.62. The molecule has 1 aromatic rings. The Morgan fingerprint density at radius 3 is 3.19 bits per heavy atom. The molecule has 5 heteroatoms. The van der Waals surface area contributed by atoms with Gasteiger partial charge in [-0.05, 0) is 25.5 Å². The second-order valence-electron chi connectivity index (χ2n) is 3.89. The van der Waals surface area contributed by atoms with Crippen molar-refractivity contribution >= 4 is 11.6 Å². The number of anilines is 1. The Hall–Kier alpha value is -1.49. The van der Waals surface area contributed by atoms with Gasteiger partial charge in [0.1, 0.15) is 0 Å². The highest BCUT2D eigenvalue weighted by Crippen LogP contribution is 2.15. The molecule has 1 aliphatic heterocycles. The molecule has 1 fully saturated rings. The van der Waals surface area contributed by atoms with Gasteiger partial charge in [0.25, 0.3) is 0 Å². The van der Waals surface area contributed by atoms with Crippen molar-refractivity contribution in [1.82, 2.24) is 10.3 Å². The Morgan fingerprint density at radius 2 is 2.50 bits per heavy atom. The van der Waals surface area contributed by atoms with Gasteiger partial charge in [-0.1, -0.05) is 0 Å². The molecule has 16 heavy (non-hydrogen) atoms. The van der Waals surface area contributed by atoms with Crippen molar-refractivity contribution in [2.45, 2.75) is 12.8 Å². The van der Waals surface area contributed by atoms with Crippen LogP contribution in [0.15, 0.2) is 18.5 Å². The number of carbonyl (C=O) groups excluding carboxylic acids is 1. The SMILES string of the molecule is O=C(Nc1ccncc1F)C1CCCNC1. The van der Waals surface area contributed by atoms with E-state index in [2.05, 4.69) is 15.6 Å². The van der Waals surface area contributed by atoms with Gasteiger partial charge in [0.2, 0.25) is 5.91 Å². The van der Waals surface area contributed by atoms with E-state index < -0.39 is 5.82 Å². The highest BCUT2D eigenvalue weighted by Gasteiger charge is 2.21. The van der Waals surface area contributed by atoms with Crippen LogP contribution in [-0.2, 0) is 4.79 Å². The van der Waals surface area contributed by atoms with Crippen LogP contribution in [0.4, 0.5) is 10.1 Å². The number of amides is 1. The van der Waals surface area contributed by atoms with Crippen LogP contribution in [0.3, 0.4) is 0 Å². The maximum atomic E-state index is 13.2. The zero-order valence-corrected chi connectivity index (χ0v) is 8.87. The summed E-state index contributed by atoms with van der Waals surface area (Å²) in [5.41, 5.74) is 0.200. The van der Waals surface area contributed by atoms with E-state index >= 15 is 0 Å². The van der Waals surface area contributed by atoms with Crippen LogP contribution in [0.1, 0.15) is 12.8 Å². The molecule has 1 saturated heterocycles. The Labute approximate surface area is 93.3 Å². The first-order valence-electron chi connectivity index (χ1n) is 5.38. The number of hydrogen-bond acceptors (Lipinski definition) is 3. The minimum Gasteiger partial charge on any atom is -0.323 e. The molecule has 1 aromatic heterocycles. The molecular weight excluding hydrogens is 209 g/mol. The summed E-state index contributed by atoms with van der Waals surface area (Å²) in [4.78, 5) is 15.4. The van der Waals surface area contributed by atoms with Crippen LogP contribution >= 0.6 is 0 Å². The summed E-state index contributed by atoms with van der Waals surface area (Å²) in [7, 11) is 0. The first-order chi connectivity index (χ1) is 7.77. The number of nitrogens with one attached hydrogen (secondary N) is 2. The maximum absolute atomic E-state index is 13.2. The van der Waals surface area contributed by atoms with E-state index in [9.17, 15) is 9.18 Å². The van der Waals surface area contributed by atoms with Gasteiger partial charge >= 0.3 is 0 Å². The summed E-state index contributed by atoms with van der Waals surface area (Å²) in [6, 6.07) is 1.46. The number of piperidine rings is 1. The molecule has 0 saturated carbocycles. The number of aromatic nitrogens is 1. The number of rotatable bonds is 2. The van der Waals surface area contributed by atoms with Crippen molar-refractivity contribution in [3.63, 3.8) is 0 Å². The number of nitrogens with zero attached hydrogens (tertiary/aromatic N) is 1. The average Bonchev–Trinajstić information content (AvgIpc) is 2.33. The summed E-state index contributed by atoms with van der Waals surface area (Å²) >= 11 is 0. The van der Waals surface area contributed by atoms with Gasteiger partial charge in [-0.2, -0.15) is 0 Å². The molecule has 0 aromatic carbocycles. The van der Waals surface area contributed by atoms with Crippen LogP contribution in [0.5, 0.6) is 0 Å². The molecular formula is C11H14FN3O. The Bertz CT molecular complexity index is 377. The van der Waals surface area contributed by atoms with Gasteiger partial charge in [-0.3, -0.25) is 9.78 Å². The minimum absolute atomic E-state index is 0.0682. The van der Waals surface area contributed by atoms with Gasteiger partial charge in [-0.25, -0.2) is 4.39 Å². The molecule has 86 valence electrons. The molecule has 1 atom stereocenters. The lowest BCUT2D eigenvalue weighted by Gasteiger charge is -2.21. The van der Waals surface area contributed by atoms with Crippen molar-refractivity contribution in [2.75, 3.05) is 18.4 Å². The highest BCUT2D eigenvalue weighted by molar-refractivity contribution is 5.92. The predicted octanol–water partition coefficient (Wildman–Crippen LogP) is 1.16. The fraction of sp³-hybridized carbons (Fsp3) is 0.455. The average molecular weight is 223 g/mol. The standard InChI is InChI=1S/C11H14FN3O/c12-9-7-14-5-3-10(9)15-11(16)8-2-1-4-13-6-8/h3,5,7-8,13H,1-2,4,6H2,(H,14,15,16). The van der Waals surface area contributed by atoms with Crippen molar-refractivity contribution in [2.24, 2.45) is 5.92 Å². The number of pyridine rings is 1. The van der Waals surface area contributed by atoms with E-state index in [0.717, 1.165) is 25.6 Å². The Kier molecular flexibility index (Phi) is 3.46. The Balaban J connectivity index is 1.99.